The van der Waals surface area contributed by atoms with Gasteiger partial charge in [0.25, 0.3) is 0 Å². The van der Waals surface area contributed by atoms with Crippen molar-refractivity contribution in [3.8, 4) is 0 Å². The van der Waals surface area contributed by atoms with Crippen molar-refractivity contribution >= 4 is 34.1 Å². The topological polar surface area (TPSA) is 81.7 Å². The summed E-state index contributed by atoms with van der Waals surface area (Å²) >= 11 is 6.10. The van der Waals surface area contributed by atoms with Gasteiger partial charge in [0.15, 0.2) is 0 Å². The van der Waals surface area contributed by atoms with Crippen LogP contribution in [0.3, 0.4) is 0 Å². The van der Waals surface area contributed by atoms with Gasteiger partial charge in [-0.3, -0.25) is 9.78 Å². The van der Waals surface area contributed by atoms with Crippen LogP contribution >= 0.6 is 11.6 Å². The van der Waals surface area contributed by atoms with Crippen LogP contribution in [0.2, 0.25) is 5.02 Å². The average Bonchev–Trinajstić information content (AvgIpc) is 3.68. The summed E-state index contributed by atoms with van der Waals surface area (Å²) in [5, 5.41) is 8.32. The molecule has 2 N–H and O–H groups in total. The molecule has 1 saturated heterocycles. The van der Waals surface area contributed by atoms with Crippen LogP contribution in [0.15, 0.2) is 30.5 Å². The number of carbonyl (C=O) groups is 1. The summed E-state index contributed by atoms with van der Waals surface area (Å²) < 4.78 is 5.98. The molecule has 6 rings (SSSR count). The molecule has 41 heavy (non-hydrogen) atoms. The number of nitrogens with zero attached hydrogens (tertiary/aromatic N) is 1. The van der Waals surface area contributed by atoms with Gasteiger partial charge in [0, 0.05) is 66.0 Å². The monoisotopic (exact) mass is 617 g/mol. The minimum absolute atomic E-state index is 0. The summed E-state index contributed by atoms with van der Waals surface area (Å²) in [7, 11) is 0. The Bertz CT molecular complexity index is 1120. The number of rotatable bonds is 6. The van der Waals surface area contributed by atoms with Crippen molar-refractivity contribution in [2.24, 2.45) is 5.92 Å². The minimum Gasteiger partial charge on any atom is -0.384 e. The Kier molecular flexibility index (Phi) is 11.8. The van der Waals surface area contributed by atoms with E-state index in [4.69, 9.17) is 26.1 Å². The summed E-state index contributed by atoms with van der Waals surface area (Å²) in [5.74, 6) is 1.58. The Morgan fingerprint density at radius 3 is 2.32 bits per heavy atom. The third-order valence-corrected chi connectivity index (χ3v) is 7.65. The molecular weight excluding hydrogens is 582 g/mol. The number of fused-ring (bicyclic) bond motifs is 1. The summed E-state index contributed by atoms with van der Waals surface area (Å²) in [5.41, 5.74) is 1.41. The molecule has 1 aromatic carbocycles. The summed E-state index contributed by atoms with van der Waals surface area (Å²) in [4.78, 5) is 28.4. The molecule has 216 valence electrons. The van der Waals surface area contributed by atoms with Gasteiger partial charge >= 0.3 is 17.1 Å². The van der Waals surface area contributed by atoms with E-state index >= 15 is 0 Å². The normalized spacial score (nSPS) is 26.3. The van der Waals surface area contributed by atoms with E-state index in [1.165, 1.54) is 0 Å². The zero-order valence-corrected chi connectivity index (χ0v) is 25.2. The molecular formula is C32H36ClFeN3O4+2. The number of nitrogens with one attached hydrogen (secondary N) is 2. The second-order valence-electron chi connectivity index (χ2n) is 11.0. The zero-order valence-electron chi connectivity index (χ0n) is 23.3. The summed E-state index contributed by atoms with van der Waals surface area (Å²) in [6, 6.07) is 7.67. The Labute approximate surface area is 260 Å². The third-order valence-electron chi connectivity index (χ3n) is 7.41. The van der Waals surface area contributed by atoms with Crippen molar-refractivity contribution < 1.29 is 36.4 Å². The molecule has 2 aromatic rings. The number of aromatic nitrogens is 1. The number of halogens is 1. The van der Waals surface area contributed by atoms with E-state index in [1.807, 2.05) is 76.6 Å². The zero-order chi connectivity index (χ0) is 28.0. The van der Waals surface area contributed by atoms with Crippen LogP contribution in [0.5, 0.6) is 0 Å². The number of pyridine rings is 1. The van der Waals surface area contributed by atoms with Crippen LogP contribution in [0, 0.1) is 69.1 Å². The van der Waals surface area contributed by atoms with Crippen LogP contribution < -0.4 is 10.6 Å². The van der Waals surface area contributed by atoms with E-state index in [-0.39, 0.29) is 28.9 Å². The molecule has 9 heteroatoms. The maximum atomic E-state index is 12.9. The standard InChI is InChI=1S/C27H31ClN3O4.C5H5.Fe/c1-26(2)17-33-27(35-34-26)11-8-18(9-12-27)25(32)31-16-20-5-3-4-19(20)15-30-23-10-13-29-24-14-21(28)6-7-22(23)24;1-2-4-5-3-1;/h3-7,10,13-14,18H,8-9,11-12,15-17H2,1-2H3,(H,29,30)(H,31,32);1-5H;/q;;+2. The molecule has 0 atom stereocenters. The summed E-state index contributed by atoms with van der Waals surface area (Å²) in [6.45, 7) is 5.50. The Morgan fingerprint density at radius 1 is 0.976 bits per heavy atom. The number of amides is 1. The predicted molar refractivity (Wildman–Crippen MR) is 156 cm³/mol. The maximum Gasteiger partial charge on any atom is 2.00 e. The number of ether oxygens (including phenoxy) is 1. The number of hydrogen-bond donors (Lipinski definition) is 2. The first-order valence-corrected chi connectivity index (χ1v) is 14.2. The van der Waals surface area contributed by atoms with Gasteiger partial charge in [-0.05, 0) is 102 Å². The fraction of sp³-hybridized carbons (Fsp3) is 0.375. The van der Waals surface area contributed by atoms with Crippen molar-refractivity contribution in [1.29, 1.82) is 0 Å². The van der Waals surface area contributed by atoms with Gasteiger partial charge in [0.2, 0.25) is 11.7 Å². The van der Waals surface area contributed by atoms with Gasteiger partial charge < -0.3 is 15.4 Å². The Hall–Kier alpha value is -1.41. The molecule has 4 fully saturated rings. The van der Waals surface area contributed by atoms with Gasteiger partial charge in [0.05, 0.1) is 12.1 Å². The first kappa shape index (κ1) is 32.5. The van der Waals surface area contributed by atoms with Crippen LogP contribution in [0.1, 0.15) is 39.5 Å². The molecule has 3 saturated carbocycles. The van der Waals surface area contributed by atoms with Crippen LogP contribution in [-0.4, -0.2) is 42.0 Å². The molecule has 2 heterocycles. The minimum atomic E-state index is -0.709. The first-order valence-electron chi connectivity index (χ1n) is 13.8. The van der Waals surface area contributed by atoms with E-state index in [9.17, 15) is 4.79 Å². The molecule has 4 aliphatic rings. The second-order valence-corrected chi connectivity index (χ2v) is 11.5. The molecule has 0 bridgehead atoms. The fourth-order valence-corrected chi connectivity index (χ4v) is 5.21. The van der Waals surface area contributed by atoms with Gasteiger partial charge in [-0.1, -0.05) is 11.6 Å². The van der Waals surface area contributed by atoms with E-state index in [2.05, 4.69) is 28.5 Å². The average molecular weight is 618 g/mol. The summed E-state index contributed by atoms with van der Waals surface area (Å²) in [6.07, 6.45) is 20.7. The third kappa shape index (κ3) is 8.81. The molecule has 10 radical (unpaired) electrons. The second kappa shape index (κ2) is 14.9. The van der Waals surface area contributed by atoms with Crippen molar-refractivity contribution in [2.75, 3.05) is 25.0 Å². The van der Waals surface area contributed by atoms with E-state index in [0.29, 0.717) is 50.4 Å². The van der Waals surface area contributed by atoms with Gasteiger partial charge in [-0.15, -0.1) is 0 Å². The molecule has 1 aromatic heterocycles. The van der Waals surface area contributed by atoms with Crippen molar-refractivity contribution in [3.63, 3.8) is 0 Å². The number of hydrogen-bond acceptors (Lipinski definition) is 6. The Morgan fingerprint density at radius 2 is 1.66 bits per heavy atom. The SMILES string of the molecule is CC1(C)COC2(CCC(C(=O)NC[C]3[CH][CH][CH][C]3CNc3ccnc4cc(Cl)ccc34)CC2)OO1.[CH]1[CH][CH][CH][CH]1.[Fe+2]. The molecule has 3 aliphatic carbocycles. The predicted octanol–water partition coefficient (Wildman–Crippen LogP) is 5.85. The molecule has 0 unspecified atom stereocenters. The van der Waals surface area contributed by atoms with Crippen molar-refractivity contribution in [2.45, 2.75) is 50.9 Å². The van der Waals surface area contributed by atoms with Gasteiger partial charge in [0.1, 0.15) is 5.60 Å². The van der Waals surface area contributed by atoms with Gasteiger partial charge in [-0.2, -0.15) is 0 Å². The van der Waals surface area contributed by atoms with Gasteiger partial charge in [-0.25, -0.2) is 9.78 Å². The van der Waals surface area contributed by atoms with Crippen molar-refractivity contribution in [1.82, 2.24) is 10.3 Å². The molecule has 7 nitrogen and oxygen atoms in total. The first-order chi connectivity index (χ1) is 19.3. The van der Waals surface area contributed by atoms with E-state index < -0.39 is 11.4 Å². The van der Waals surface area contributed by atoms with Crippen LogP contribution in [0.4, 0.5) is 5.69 Å². The number of benzene rings is 1. The Balaban J connectivity index is 0.000000584. The fourth-order valence-electron chi connectivity index (χ4n) is 5.04. The molecule has 1 spiro atoms. The number of carbonyl (C=O) groups excluding carboxylic acids is 1. The van der Waals surface area contributed by atoms with E-state index in [1.54, 1.807) is 6.20 Å². The van der Waals surface area contributed by atoms with E-state index in [0.717, 1.165) is 28.4 Å². The smallest absolute Gasteiger partial charge is 0.384 e. The van der Waals surface area contributed by atoms with Crippen LogP contribution in [-0.2, 0) is 36.4 Å². The van der Waals surface area contributed by atoms with Crippen LogP contribution in [0.25, 0.3) is 10.9 Å². The number of anilines is 1. The van der Waals surface area contributed by atoms with Crippen molar-refractivity contribution in [3.05, 3.63) is 98.7 Å². The largest absolute Gasteiger partial charge is 2.00 e. The quantitative estimate of drug-likeness (QED) is 0.313. The maximum absolute atomic E-state index is 12.9. The molecule has 1 amide bonds. The molecule has 1 aliphatic heterocycles.